The first-order chi connectivity index (χ1) is 15.5. The van der Waals surface area contributed by atoms with Gasteiger partial charge < -0.3 is 10.1 Å². The first-order valence-electron chi connectivity index (χ1n) is 10.2. The number of amides is 2. The SMILES string of the molecule is COc1ccc([C@@H]2[C@H](NC(=O)c3ccc(C)cc3)C(=O)N/[N+]2=C\c2ccccc2Cl)cc1. The third kappa shape index (κ3) is 4.50. The summed E-state index contributed by atoms with van der Waals surface area (Å²) in [5.74, 6) is 0.0748. The second-order valence-electron chi connectivity index (χ2n) is 7.57. The fourth-order valence-electron chi connectivity index (χ4n) is 3.64. The van der Waals surface area contributed by atoms with Crippen molar-refractivity contribution in [3.8, 4) is 5.75 Å². The van der Waals surface area contributed by atoms with E-state index in [2.05, 4.69) is 10.7 Å². The largest absolute Gasteiger partial charge is 0.497 e. The Balaban J connectivity index is 1.71. The van der Waals surface area contributed by atoms with Crippen molar-refractivity contribution in [2.24, 2.45) is 0 Å². The lowest BCUT2D eigenvalue weighted by atomic mass is 9.99. The summed E-state index contributed by atoms with van der Waals surface area (Å²) in [5, 5.41) is 3.45. The monoisotopic (exact) mass is 448 g/mol. The van der Waals surface area contributed by atoms with E-state index >= 15 is 0 Å². The summed E-state index contributed by atoms with van der Waals surface area (Å²) in [5.41, 5.74) is 5.98. The summed E-state index contributed by atoms with van der Waals surface area (Å²) < 4.78 is 6.94. The van der Waals surface area contributed by atoms with Gasteiger partial charge in [-0.05, 0) is 55.5 Å². The van der Waals surface area contributed by atoms with Crippen LogP contribution < -0.4 is 15.5 Å². The Hall–Kier alpha value is -3.64. The van der Waals surface area contributed by atoms with Crippen molar-refractivity contribution in [2.75, 3.05) is 7.11 Å². The third-order valence-electron chi connectivity index (χ3n) is 5.38. The van der Waals surface area contributed by atoms with Gasteiger partial charge in [-0.3, -0.25) is 9.59 Å². The van der Waals surface area contributed by atoms with Gasteiger partial charge in [0, 0.05) is 11.1 Å². The zero-order valence-corrected chi connectivity index (χ0v) is 18.5. The molecule has 1 heterocycles. The molecule has 7 heteroatoms. The number of nitrogens with zero attached hydrogens (tertiary/aromatic N) is 1. The van der Waals surface area contributed by atoms with Crippen LogP contribution in [0, 0.1) is 6.92 Å². The quantitative estimate of drug-likeness (QED) is 0.585. The number of hydrogen-bond acceptors (Lipinski definition) is 3. The molecule has 3 aromatic rings. The zero-order chi connectivity index (χ0) is 22.7. The van der Waals surface area contributed by atoms with E-state index in [0.717, 1.165) is 16.7 Å². The van der Waals surface area contributed by atoms with E-state index in [1.165, 1.54) is 0 Å². The second kappa shape index (κ2) is 9.24. The third-order valence-corrected chi connectivity index (χ3v) is 5.72. The van der Waals surface area contributed by atoms with Gasteiger partial charge in [0.1, 0.15) is 5.75 Å². The Labute approximate surface area is 191 Å². The summed E-state index contributed by atoms with van der Waals surface area (Å²) in [6.45, 7) is 1.95. The first-order valence-corrected chi connectivity index (χ1v) is 10.5. The Morgan fingerprint density at radius 2 is 1.75 bits per heavy atom. The van der Waals surface area contributed by atoms with Crippen LogP contribution in [0.5, 0.6) is 5.75 Å². The molecule has 3 aromatic carbocycles. The number of carbonyl (C=O) groups is 2. The van der Waals surface area contributed by atoms with Crippen molar-refractivity contribution in [1.82, 2.24) is 10.7 Å². The average Bonchev–Trinajstić information content (AvgIpc) is 3.10. The lowest BCUT2D eigenvalue weighted by molar-refractivity contribution is -0.596. The molecular formula is C25H23ClN3O3+. The van der Waals surface area contributed by atoms with Gasteiger partial charge in [-0.2, -0.15) is 0 Å². The maximum absolute atomic E-state index is 12.9. The van der Waals surface area contributed by atoms with E-state index in [9.17, 15) is 9.59 Å². The topological polar surface area (TPSA) is 70.4 Å². The molecule has 4 rings (SSSR count). The first kappa shape index (κ1) is 21.6. The average molecular weight is 449 g/mol. The molecule has 1 aliphatic heterocycles. The van der Waals surface area contributed by atoms with Gasteiger partial charge in [-0.25, -0.2) is 0 Å². The standard InChI is InChI=1S/C25H22ClN3O3/c1-16-7-9-18(10-8-16)24(30)27-22-23(17-11-13-20(32-2)14-12-17)29(28-25(22)31)15-19-5-3-4-6-21(19)26/h3-15,22-23H,1-2H3,(H-,27,28,30,31)/p+1/b29-15-/t22-,23+/m0/s1. The van der Waals surface area contributed by atoms with Crippen LogP contribution in [0.25, 0.3) is 0 Å². The summed E-state index contributed by atoms with van der Waals surface area (Å²) >= 11 is 6.33. The van der Waals surface area contributed by atoms with Crippen LogP contribution in [0.1, 0.15) is 33.1 Å². The van der Waals surface area contributed by atoms with Crippen molar-refractivity contribution in [1.29, 1.82) is 0 Å². The zero-order valence-electron chi connectivity index (χ0n) is 17.7. The lowest BCUT2D eigenvalue weighted by Gasteiger charge is -2.15. The molecule has 2 atom stereocenters. The summed E-state index contributed by atoms with van der Waals surface area (Å²) in [7, 11) is 1.59. The van der Waals surface area contributed by atoms with Crippen molar-refractivity contribution in [3.63, 3.8) is 0 Å². The van der Waals surface area contributed by atoms with Gasteiger partial charge in [0.25, 0.3) is 5.91 Å². The molecule has 0 spiro atoms. The summed E-state index contributed by atoms with van der Waals surface area (Å²) in [6, 6.07) is 20.7. The van der Waals surface area contributed by atoms with Crippen molar-refractivity contribution >= 4 is 29.6 Å². The number of aryl methyl sites for hydroxylation is 1. The van der Waals surface area contributed by atoms with E-state index in [0.29, 0.717) is 16.3 Å². The van der Waals surface area contributed by atoms with Crippen molar-refractivity contribution < 1.29 is 19.0 Å². The van der Waals surface area contributed by atoms with Gasteiger partial charge in [-0.1, -0.05) is 41.4 Å². The second-order valence-corrected chi connectivity index (χ2v) is 7.98. The van der Waals surface area contributed by atoms with Gasteiger partial charge in [-0.15, -0.1) is 10.1 Å². The Morgan fingerprint density at radius 1 is 1.06 bits per heavy atom. The maximum atomic E-state index is 12.9. The molecule has 1 saturated heterocycles. The predicted octanol–water partition coefficient (Wildman–Crippen LogP) is 3.67. The van der Waals surface area contributed by atoms with Gasteiger partial charge in [0.2, 0.25) is 12.3 Å². The normalized spacial score (nSPS) is 19.0. The lowest BCUT2D eigenvalue weighted by Crippen LogP contribution is -2.42. The van der Waals surface area contributed by atoms with Crippen LogP contribution in [0.15, 0.2) is 72.8 Å². The molecule has 2 N–H and O–H groups in total. The minimum Gasteiger partial charge on any atom is -0.497 e. The highest BCUT2D eigenvalue weighted by Gasteiger charge is 2.47. The molecule has 0 unspecified atom stereocenters. The number of benzene rings is 3. The maximum Gasteiger partial charge on any atom is 0.304 e. The number of halogens is 1. The number of methoxy groups -OCH3 is 1. The Morgan fingerprint density at radius 3 is 2.41 bits per heavy atom. The van der Waals surface area contributed by atoms with Crippen molar-refractivity contribution in [3.05, 3.63) is 100 Å². The molecule has 2 amide bonds. The number of rotatable bonds is 5. The van der Waals surface area contributed by atoms with Crippen LogP contribution in [0.4, 0.5) is 0 Å². The van der Waals surface area contributed by atoms with Crippen LogP contribution in [0.3, 0.4) is 0 Å². The highest BCUT2D eigenvalue weighted by atomic mass is 35.5. The van der Waals surface area contributed by atoms with Crippen LogP contribution in [0.2, 0.25) is 5.02 Å². The van der Waals surface area contributed by atoms with Gasteiger partial charge >= 0.3 is 5.91 Å². The number of ether oxygens (including phenoxy) is 1. The van der Waals surface area contributed by atoms with E-state index in [-0.39, 0.29) is 11.8 Å². The smallest absolute Gasteiger partial charge is 0.304 e. The fourth-order valence-corrected chi connectivity index (χ4v) is 3.83. The molecule has 6 nitrogen and oxygen atoms in total. The summed E-state index contributed by atoms with van der Waals surface area (Å²) in [6.07, 6.45) is 1.77. The summed E-state index contributed by atoms with van der Waals surface area (Å²) in [4.78, 5) is 25.8. The number of nitrogens with one attached hydrogen (secondary N) is 2. The van der Waals surface area contributed by atoms with E-state index in [4.69, 9.17) is 16.3 Å². The van der Waals surface area contributed by atoms with E-state index in [1.807, 2.05) is 61.5 Å². The molecule has 162 valence electrons. The number of hydrazine groups is 1. The number of hydrazone groups is 1. The highest BCUT2D eigenvalue weighted by molar-refractivity contribution is 6.32. The fraction of sp³-hybridized carbons (Fsp3) is 0.160. The molecular weight excluding hydrogens is 426 g/mol. The predicted molar refractivity (Wildman–Crippen MR) is 123 cm³/mol. The van der Waals surface area contributed by atoms with Crippen LogP contribution in [-0.2, 0) is 4.79 Å². The molecule has 0 aromatic heterocycles. The van der Waals surface area contributed by atoms with Crippen LogP contribution in [-0.4, -0.2) is 35.9 Å². The van der Waals surface area contributed by atoms with E-state index < -0.39 is 12.1 Å². The molecule has 0 aliphatic carbocycles. The molecule has 32 heavy (non-hydrogen) atoms. The highest BCUT2D eigenvalue weighted by Crippen LogP contribution is 2.27. The minimum atomic E-state index is -0.809. The molecule has 1 fully saturated rings. The van der Waals surface area contributed by atoms with Gasteiger partial charge in [0.05, 0.1) is 17.7 Å². The molecule has 0 bridgehead atoms. The Bertz CT molecular complexity index is 1170. The molecule has 0 saturated carbocycles. The van der Waals surface area contributed by atoms with Crippen molar-refractivity contribution in [2.45, 2.75) is 19.0 Å². The number of hydrogen-bond donors (Lipinski definition) is 2. The van der Waals surface area contributed by atoms with E-state index in [1.54, 1.807) is 36.2 Å². The number of carbonyl (C=O) groups excluding carboxylic acids is 2. The van der Waals surface area contributed by atoms with Gasteiger partial charge in [0.15, 0.2) is 6.04 Å². The minimum absolute atomic E-state index is 0.311. The Kier molecular flexibility index (Phi) is 6.23. The van der Waals surface area contributed by atoms with Crippen LogP contribution >= 0.6 is 11.6 Å². The molecule has 1 aliphatic rings. The molecule has 0 radical (unpaired) electrons.